The van der Waals surface area contributed by atoms with Gasteiger partial charge in [-0.3, -0.25) is 10.1 Å². The van der Waals surface area contributed by atoms with Crippen LogP contribution in [-0.2, 0) is 18.3 Å². The van der Waals surface area contributed by atoms with Crippen LogP contribution in [0, 0.1) is 0 Å². The molecular weight excluding hydrogens is 386 g/mol. The minimum Gasteiger partial charge on any atom is -0.338 e. The maximum Gasteiger partial charge on any atom is 0.321 e. The standard InChI is InChI=1S/C21H23N5O2S/c1-3-22-20(28)23-19(27)18(16-12-8-5-9-13-16)29-21-25-24-17(26(21)2)14-15-10-6-4-7-11-15/h4-13,18H,3,14H2,1-2H3,(H2,22,23,27,28)/t18-/m0/s1. The van der Waals surface area contributed by atoms with Crippen LogP contribution in [0.3, 0.4) is 0 Å². The van der Waals surface area contributed by atoms with E-state index < -0.39 is 17.2 Å². The number of thioether (sulfide) groups is 1. The minimum atomic E-state index is -0.633. The van der Waals surface area contributed by atoms with Crippen LogP contribution >= 0.6 is 11.8 Å². The van der Waals surface area contributed by atoms with E-state index in [1.54, 1.807) is 6.92 Å². The van der Waals surface area contributed by atoms with Gasteiger partial charge in [0.15, 0.2) is 5.16 Å². The minimum absolute atomic E-state index is 0.403. The summed E-state index contributed by atoms with van der Waals surface area (Å²) in [5, 5.41) is 13.5. The fourth-order valence-corrected chi connectivity index (χ4v) is 3.79. The summed E-state index contributed by atoms with van der Waals surface area (Å²) in [5.41, 5.74) is 1.92. The number of urea groups is 1. The second-order valence-electron chi connectivity index (χ2n) is 6.38. The maximum atomic E-state index is 12.8. The number of aromatic nitrogens is 3. The summed E-state index contributed by atoms with van der Waals surface area (Å²) in [6.45, 7) is 2.23. The average Bonchev–Trinajstić information content (AvgIpc) is 3.07. The molecule has 2 aromatic carbocycles. The van der Waals surface area contributed by atoms with Gasteiger partial charge in [0.25, 0.3) is 0 Å². The number of amides is 3. The third kappa shape index (κ3) is 5.45. The predicted octanol–water partition coefficient (Wildman–Crippen LogP) is 3.09. The zero-order valence-electron chi connectivity index (χ0n) is 16.3. The molecule has 0 aliphatic rings. The van der Waals surface area contributed by atoms with Gasteiger partial charge in [-0.2, -0.15) is 0 Å². The summed E-state index contributed by atoms with van der Waals surface area (Å²) in [6, 6.07) is 18.8. The lowest BCUT2D eigenvalue weighted by Gasteiger charge is -2.16. The molecule has 0 saturated heterocycles. The monoisotopic (exact) mass is 409 g/mol. The zero-order valence-corrected chi connectivity index (χ0v) is 17.1. The van der Waals surface area contributed by atoms with Crippen molar-refractivity contribution in [2.75, 3.05) is 6.54 Å². The van der Waals surface area contributed by atoms with Crippen molar-refractivity contribution >= 4 is 23.7 Å². The highest BCUT2D eigenvalue weighted by atomic mass is 32.2. The van der Waals surface area contributed by atoms with Gasteiger partial charge >= 0.3 is 6.03 Å². The van der Waals surface area contributed by atoms with Crippen LogP contribution in [0.2, 0.25) is 0 Å². The summed E-state index contributed by atoms with van der Waals surface area (Å²) in [5.74, 6) is 0.398. The van der Waals surface area contributed by atoms with Crippen molar-refractivity contribution in [2.45, 2.75) is 23.8 Å². The first kappa shape index (κ1) is 20.6. The smallest absolute Gasteiger partial charge is 0.321 e. The van der Waals surface area contributed by atoms with Gasteiger partial charge in [-0.1, -0.05) is 72.4 Å². The predicted molar refractivity (Wildman–Crippen MR) is 113 cm³/mol. The van der Waals surface area contributed by atoms with E-state index in [4.69, 9.17) is 0 Å². The van der Waals surface area contributed by atoms with Gasteiger partial charge < -0.3 is 9.88 Å². The molecule has 3 rings (SSSR count). The molecule has 0 aliphatic heterocycles. The molecule has 0 radical (unpaired) electrons. The van der Waals surface area contributed by atoms with Gasteiger partial charge in [-0.05, 0) is 18.1 Å². The van der Waals surface area contributed by atoms with Crippen molar-refractivity contribution in [1.29, 1.82) is 0 Å². The lowest BCUT2D eigenvalue weighted by Crippen LogP contribution is -2.41. The Balaban J connectivity index is 1.81. The molecule has 1 aromatic heterocycles. The first-order valence-electron chi connectivity index (χ1n) is 9.31. The highest BCUT2D eigenvalue weighted by Crippen LogP contribution is 2.34. The lowest BCUT2D eigenvalue weighted by molar-refractivity contribution is -0.119. The van der Waals surface area contributed by atoms with Gasteiger partial charge in [0, 0.05) is 20.0 Å². The molecule has 3 amide bonds. The van der Waals surface area contributed by atoms with E-state index in [2.05, 4.69) is 20.8 Å². The van der Waals surface area contributed by atoms with E-state index in [1.807, 2.05) is 72.3 Å². The molecule has 150 valence electrons. The number of hydrogen-bond acceptors (Lipinski definition) is 5. The second kappa shape index (κ2) is 9.88. The van der Waals surface area contributed by atoms with Gasteiger partial charge in [-0.25, -0.2) is 4.79 Å². The van der Waals surface area contributed by atoms with Crippen molar-refractivity contribution in [3.63, 3.8) is 0 Å². The quantitative estimate of drug-likeness (QED) is 0.586. The van der Waals surface area contributed by atoms with Crippen LogP contribution in [0.25, 0.3) is 0 Å². The first-order chi connectivity index (χ1) is 14.1. The van der Waals surface area contributed by atoms with Gasteiger partial charge in [0.05, 0.1) is 0 Å². The molecule has 29 heavy (non-hydrogen) atoms. The fourth-order valence-electron chi connectivity index (χ4n) is 2.77. The summed E-state index contributed by atoms with van der Waals surface area (Å²) in [4.78, 5) is 24.6. The Morgan fingerprint density at radius 2 is 1.69 bits per heavy atom. The largest absolute Gasteiger partial charge is 0.338 e. The molecule has 0 spiro atoms. The number of nitrogens with one attached hydrogen (secondary N) is 2. The van der Waals surface area contributed by atoms with Crippen molar-refractivity contribution in [3.05, 3.63) is 77.6 Å². The fraction of sp³-hybridized carbons (Fsp3) is 0.238. The zero-order chi connectivity index (χ0) is 20.6. The Morgan fingerprint density at radius 1 is 1.03 bits per heavy atom. The van der Waals surface area contributed by atoms with E-state index >= 15 is 0 Å². The molecule has 8 heteroatoms. The van der Waals surface area contributed by atoms with Gasteiger partial charge in [0.2, 0.25) is 5.91 Å². The number of hydrogen-bond donors (Lipinski definition) is 2. The number of nitrogens with zero attached hydrogens (tertiary/aromatic N) is 3. The lowest BCUT2D eigenvalue weighted by atomic mass is 10.1. The van der Waals surface area contributed by atoms with Crippen LogP contribution in [0.1, 0.15) is 29.1 Å². The molecule has 1 heterocycles. The van der Waals surface area contributed by atoms with Crippen molar-refractivity contribution in [3.8, 4) is 0 Å². The topological polar surface area (TPSA) is 88.9 Å². The van der Waals surface area contributed by atoms with E-state index in [0.29, 0.717) is 18.1 Å². The third-order valence-electron chi connectivity index (χ3n) is 4.27. The third-order valence-corrected chi connectivity index (χ3v) is 5.56. The molecule has 1 atom stereocenters. The van der Waals surface area contributed by atoms with Crippen LogP contribution in [0.5, 0.6) is 0 Å². The van der Waals surface area contributed by atoms with Gasteiger partial charge in [-0.15, -0.1) is 10.2 Å². The van der Waals surface area contributed by atoms with E-state index in [0.717, 1.165) is 17.0 Å². The van der Waals surface area contributed by atoms with Crippen molar-refractivity contribution in [2.24, 2.45) is 7.05 Å². The first-order valence-corrected chi connectivity index (χ1v) is 10.2. The summed E-state index contributed by atoms with van der Waals surface area (Å²) >= 11 is 1.27. The number of carbonyl (C=O) groups is 2. The Kier molecular flexibility index (Phi) is 7.02. The summed E-state index contributed by atoms with van der Waals surface area (Å²) in [7, 11) is 1.88. The molecule has 7 nitrogen and oxygen atoms in total. The van der Waals surface area contributed by atoms with Crippen LogP contribution in [-0.4, -0.2) is 33.2 Å². The molecule has 0 unspecified atom stereocenters. The molecule has 2 N–H and O–H groups in total. The molecule has 0 fully saturated rings. The average molecular weight is 410 g/mol. The Labute approximate surface area is 173 Å². The van der Waals surface area contributed by atoms with Crippen molar-refractivity contribution < 1.29 is 9.59 Å². The number of rotatable bonds is 7. The highest BCUT2D eigenvalue weighted by Gasteiger charge is 2.26. The SMILES string of the molecule is CCNC(=O)NC(=O)[C@@H](Sc1nnc(Cc2ccccc2)n1C)c1ccccc1. The Hall–Kier alpha value is -3.13. The molecule has 0 aliphatic carbocycles. The summed E-state index contributed by atoms with van der Waals surface area (Å²) in [6.07, 6.45) is 0.645. The van der Waals surface area contributed by atoms with Crippen LogP contribution in [0.15, 0.2) is 65.8 Å². The second-order valence-corrected chi connectivity index (χ2v) is 7.45. The molecule has 0 bridgehead atoms. The highest BCUT2D eigenvalue weighted by molar-refractivity contribution is 8.00. The molecular formula is C21H23N5O2S. The number of benzene rings is 2. The summed E-state index contributed by atoms with van der Waals surface area (Å²) < 4.78 is 1.88. The van der Waals surface area contributed by atoms with E-state index in [-0.39, 0.29) is 0 Å². The van der Waals surface area contributed by atoms with Gasteiger partial charge in [0.1, 0.15) is 11.1 Å². The van der Waals surface area contributed by atoms with E-state index in [1.165, 1.54) is 11.8 Å². The normalized spacial score (nSPS) is 11.7. The Bertz CT molecular complexity index is 960. The molecule has 0 saturated carbocycles. The number of carbonyl (C=O) groups excluding carboxylic acids is 2. The maximum absolute atomic E-state index is 12.8. The molecule has 3 aromatic rings. The van der Waals surface area contributed by atoms with Crippen LogP contribution in [0.4, 0.5) is 4.79 Å². The van der Waals surface area contributed by atoms with E-state index in [9.17, 15) is 9.59 Å². The Morgan fingerprint density at radius 3 is 2.34 bits per heavy atom. The van der Waals surface area contributed by atoms with Crippen LogP contribution < -0.4 is 10.6 Å². The number of imide groups is 1. The van der Waals surface area contributed by atoms with Crippen molar-refractivity contribution in [1.82, 2.24) is 25.4 Å².